The Balaban J connectivity index is 1.91. The van der Waals surface area contributed by atoms with Crippen molar-refractivity contribution in [1.29, 1.82) is 0 Å². The van der Waals surface area contributed by atoms with E-state index in [4.69, 9.17) is 10.5 Å². The molecule has 3 aromatic rings. The Bertz CT molecular complexity index is 1110. The molecule has 2 N–H and O–H groups in total. The highest BCUT2D eigenvalue weighted by Crippen LogP contribution is 2.43. The minimum absolute atomic E-state index is 0.0961. The van der Waals surface area contributed by atoms with Crippen molar-refractivity contribution < 1.29 is 18.8 Å². The monoisotopic (exact) mass is 471 g/mol. The minimum Gasteiger partial charge on any atom is -0.497 e. The molecule has 1 unspecified atom stereocenters. The Morgan fingerprint density at radius 3 is 2.00 bits per heavy atom. The first-order valence-corrected chi connectivity index (χ1v) is 12.3. The van der Waals surface area contributed by atoms with Crippen molar-refractivity contribution in [2.75, 3.05) is 33.8 Å². The second kappa shape index (κ2) is 10.4. The summed E-state index contributed by atoms with van der Waals surface area (Å²) >= 11 is 0. The summed E-state index contributed by atoms with van der Waals surface area (Å²) in [6.07, 6.45) is 2.91. The Morgan fingerprint density at radius 1 is 0.914 bits per heavy atom. The second-order valence-corrected chi connectivity index (χ2v) is 9.84. The fraction of sp³-hybridized carbons (Fsp3) is 0.333. The number of nitrogens with zero attached hydrogens (tertiary/aromatic N) is 1. The third-order valence-electron chi connectivity index (χ3n) is 7.64. The number of ether oxygens (including phenoxy) is 1. The number of primary amides is 1. The van der Waals surface area contributed by atoms with Gasteiger partial charge in [-0.25, -0.2) is 0 Å². The van der Waals surface area contributed by atoms with Crippen molar-refractivity contribution in [1.82, 2.24) is 0 Å². The maximum Gasteiger partial charge on any atom is 0.233 e. The first kappa shape index (κ1) is 24.7. The van der Waals surface area contributed by atoms with Crippen LogP contribution in [0.1, 0.15) is 40.7 Å². The van der Waals surface area contributed by atoms with E-state index >= 15 is 0 Å². The first-order chi connectivity index (χ1) is 16.9. The summed E-state index contributed by atoms with van der Waals surface area (Å²) in [4.78, 5) is 28.0. The number of rotatable bonds is 10. The van der Waals surface area contributed by atoms with Crippen LogP contribution in [0.3, 0.4) is 0 Å². The van der Waals surface area contributed by atoms with E-state index < -0.39 is 17.2 Å². The Kier molecular flexibility index (Phi) is 7.37. The summed E-state index contributed by atoms with van der Waals surface area (Å²) in [5.74, 6) is -0.675. The number of ketones is 1. The lowest BCUT2D eigenvalue weighted by Gasteiger charge is -2.40. The van der Waals surface area contributed by atoms with Crippen molar-refractivity contribution in [3.63, 3.8) is 0 Å². The molecule has 5 heteroatoms. The number of amides is 1. The third-order valence-corrected chi connectivity index (χ3v) is 7.64. The quantitative estimate of drug-likeness (QED) is 0.347. The van der Waals surface area contributed by atoms with E-state index in [1.165, 1.54) is 12.8 Å². The van der Waals surface area contributed by atoms with Gasteiger partial charge in [-0.15, -0.1) is 0 Å². The average molecular weight is 472 g/mol. The summed E-state index contributed by atoms with van der Waals surface area (Å²) in [5, 5.41) is 0. The Labute approximate surface area is 208 Å². The van der Waals surface area contributed by atoms with Crippen LogP contribution >= 0.6 is 0 Å². The molecule has 0 bridgehead atoms. The van der Waals surface area contributed by atoms with Gasteiger partial charge < -0.3 is 15.0 Å². The molecule has 3 aromatic carbocycles. The predicted molar refractivity (Wildman–Crippen MR) is 138 cm³/mol. The second-order valence-electron chi connectivity index (χ2n) is 9.84. The maximum atomic E-state index is 14.3. The van der Waals surface area contributed by atoms with E-state index in [1.807, 2.05) is 72.8 Å². The van der Waals surface area contributed by atoms with Gasteiger partial charge >= 0.3 is 0 Å². The van der Waals surface area contributed by atoms with E-state index in [9.17, 15) is 9.59 Å². The highest BCUT2D eigenvalue weighted by Gasteiger charge is 2.51. The summed E-state index contributed by atoms with van der Waals surface area (Å²) in [6, 6.07) is 26.3. The van der Waals surface area contributed by atoms with Crippen molar-refractivity contribution in [3.05, 3.63) is 102 Å². The lowest BCUT2D eigenvalue weighted by Crippen LogP contribution is -2.53. The van der Waals surface area contributed by atoms with E-state index in [-0.39, 0.29) is 5.78 Å². The maximum absolute atomic E-state index is 14.3. The highest BCUT2D eigenvalue weighted by atomic mass is 16.5. The number of nitrogens with two attached hydrogens (primary N) is 1. The fourth-order valence-electron chi connectivity index (χ4n) is 5.71. The van der Waals surface area contributed by atoms with Crippen molar-refractivity contribution >= 4 is 11.7 Å². The summed E-state index contributed by atoms with van der Waals surface area (Å²) < 4.78 is 6.30. The van der Waals surface area contributed by atoms with Gasteiger partial charge in [-0.1, -0.05) is 72.8 Å². The summed E-state index contributed by atoms with van der Waals surface area (Å²) in [6.45, 7) is 2.97. The van der Waals surface area contributed by atoms with Crippen molar-refractivity contribution in [2.24, 2.45) is 11.7 Å². The standard InChI is InChI=1S/C30H34N2O3/c1-32(19-9-10-20-32)21-18-27(28(33)23-12-11-17-26(22-23)35-2)30(29(31)34,24-13-5-3-6-14-24)25-15-7-4-8-16-25/h3-8,11-17,22,27H,9-10,18-21H2,1-2H3,(H-,31,34)/p+1. The van der Waals surface area contributed by atoms with Gasteiger partial charge in [-0.2, -0.15) is 0 Å². The van der Waals surface area contributed by atoms with Gasteiger partial charge in [0.05, 0.1) is 39.7 Å². The van der Waals surface area contributed by atoms with Crippen LogP contribution in [0.5, 0.6) is 5.75 Å². The normalized spacial score (nSPS) is 15.9. The zero-order valence-electron chi connectivity index (χ0n) is 20.7. The molecule has 4 rings (SSSR count). The molecule has 1 fully saturated rings. The molecule has 0 aromatic heterocycles. The van der Waals surface area contributed by atoms with Crippen LogP contribution in [0, 0.1) is 5.92 Å². The third kappa shape index (κ3) is 4.87. The first-order valence-electron chi connectivity index (χ1n) is 12.3. The van der Waals surface area contributed by atoms with E-state index in [2.05, 4.69) is 7.05 Å². The minimum atomic E-state index is -1.30. The molecule has 1 amide bonds. The van der Waals surface area contributed by atoms with Gasteiger partial charge in [0, 0.05) is 24.8 Å². The largest absolute Gasteiger partial charge is 0.497 e. The molecule has 0 spiro atoms. The molecule has 1 aliphatic rings. The summed E-state index contributed by atoms with van der Waals surface area (Å²) in [7, 11) is 3.83. The lowest BCUT2D eigenvalue weighted by atomic mass is 9.62. The van der Waals surface area contributed by atoms with Crippen molar-refractivity contribution in [3.8, 4) is 5.75 Å². The van der Waals surface area contributed by atoms with Gasteiger partial charge in [0.1, 0.15) is 11.2 Å². The fourth-order valence-corrected chi connectivity index (χ4v) is 5.71. The van der Waals surface area contributed by atoms with E-state index in [1.54, 1.807) is 19.2 Å². The van der Waals surface area contributed by atoms with Crippen LogP contribution in [0.4, 0.5) is 0 Å². The smallest absolute Gasteiger partial charge is 0.233 e. The molecule has 0 radical (unpaired) electrons. The van der Waals surface area contributed by atoms with Crippen LogP contribution in [0.2, 0.25) is 0 Å². The van der Waals surface area contributed by atoms with Crippen LogP contribution in [0.25, 0.3) is 0 Å². The molecule has 1 saturated heterocycles. The number of benzene rings is 3. The molecular formula is C30H35N2O3+. The highest BCUT2D eigenvalue weighted by molar-refractivity contribution is 6.05. The Morgan fingerprint density at radius 2 is 1.49 bits per heavy atom. The van der Waals surface area contributed by atoms with Gasteiger partial charge in [0.25, 0.3) is 0 Å². The number of methoxy groups -OCH3 is 1. The number of hydrogen-bond acceptors (Lipinski definition) is 3. The summed E-state index contributed by atoms with van der Waals surface area (Å²) in [5.41, 5.74) is 7.00. The lowest BCUT2D eigenvalue weighted by molar-refractivity contribution is -0.898. The molecular weight excluding hydrogens is 436 g/mol. The molecule has 182 valence electrons. The molecule has 5 nitrogen and oxygen atoms in total. The van der Waals surface area contributed by atoms with Gasteiger partial charge in [0.15, 0.2) is 5.78 Å². The number of hydrogen-bond donors (Lipinski definition) is 1. The number of carbonyl (C=O) groups excluding carboxylic acids is 2. The molecule has 1 heterocycles. The number of Topliss-reactive ketones (excluding diaryl/α,β-unsaturated/α-hetero) is 1. The van der Waals surface area contributed by atoms with E-state index in [0.717, 1.165) is 35.2 Å². The topological polar surface area (TPSA) is 69.4 Å². The zero-order chi connectivity index (χ0) is 24.9. The number of likely N-dealkylation sites (tertiary alicyclic amines) is 1. The van der Waals surface area contributed by atoms with E-state index in [0.29, 0.717) is 17.7 Å². The molecule has 0 aliphatic carbocycles. The van der Waals surface area contributed by atoms with Crippen LogP contribution in [0.15, 0.2) is 84.9 Å². The van der Waals surface area contributed by atoms with Crippen LogP contribution in [-0.2, 0) is 10.2 Å². The predicted octanol–water partition coefficient (Wildman–Crippen LogP) is 4.60. The zero-order valence-corrected chi connectivity index (χ0v) is 20.7. The van der Waals surface area contributed by atoms with Crippen LogP contribution in [-0.4, -0.2) is 50.0 Å². The molecule has 0 saturated carbocycles. The van der Waals surface area contributed by atoms with Gasteiger partial charge in [0.2, 0.25) is 5.91 Å². The van der Waals surface area contributed by atoms with Gasteiger partial charge in [-0.05, 0) is 23.3 Å². The Hall–Kier alpha value is -3.44. The van der Waals surface area contributed by atoms with Gasteiger partial charge in [-0.3, -0.25) is 9.59 Å². The number of quaternary nitrogens is 1. The van der Waals surface area contributed by atoms with Crippen LogP contribution < -0.4 is 10.5 Å². The average Bonchev–Trinajstić information content (AvgIpc) is 3.33. The van der Waals surface area contributed by atoms with Crippen molar-refractivity contribution in [2.45, 2.75) is 24.7 Å². The SMILES string of the molecule is COc1cccc(C(=O)C(CC[N+]2(C)CCCC2)C(C(N)=O)(c2ccccc2)c2ccccc2)c1. The molecule has 35 heavy (non-hydrogen) atoms. The molecule has 1 aliphatic heterocycles. The number of carbonyl (C=O) groups is 2. The molecule has 1 atom stereocenters.